The highest BCUT2D eigenvalue weighted by Crippen LogP contribution is 2.18. The van der Waals surface area contributed by atoms with Crippen LogP contribution in [0.5, 0.6) is 0 Å². The minimum absolute atomic E-state index is 0.416. The molecule has 1 aromatic carbocycles. The number of nitrogens with zero attached hydrogens (tertiary/aromatic N) is 1. The van der Waals surface area contributed by atoms with Crippen molar-refractivity contribution in [2.45, 2.75) is 6.92 Å². The van der Waals surface area contributed by atoms with Gasteiger partial charge in [-0.05, 0) is 47.2 Å². The van der Waals surface area contributed by atoms with E-state index in [-0.39, 0.29) is 0 Å². The van der Waals surface area contributed by atoms with Gasteiger partial charge in [0.2, 0.25) is 0 Å². The molecule has 1 aromatic rings. The Kier molecular flexibility index (Phi) is 3.47. The fourth-order valence-corrected chi connectivity index (χ4v) is 1.66. The molecule has 0 amide bonds. The van der Waals surface area contributed by atoms with Gasteiger partial charge in [-0.2, -0.15) is 5.26 Å². The minimum Gasteiger partial charge on any atom is -0.465 e. The van der Waals surface area contributed by atoms with Crippen LogP contribution in [0.2, 0.25) is 0 Å². The lowest BCUT2D eigenvalue weighted by Crippen LogP contribution is -2.03. The highest BCUT2D eigenvalue weighted by atomic mass is 127. The Morgan fingerprint density at radius 2 is 2.21 bits per heavy atom. The van der Waals surface area contributed by atoms with Crippen LogP contribution in [0.15, 0.2) is 12.1 Å². The summed E-state index contributed by atoms with van der Waals surface area (Å²) in [6.45, 7) is 1.85. The molecule has 0 radical (unpaired) electrons. The van der Waals surface area contributed by atoms with Crippen molar-refractivity contribution in [1.82, 2.24) is 0 Å². The van der Waals surface area contributed by atoms with E-state index in [2.05, 4.69) is 27.3 Å². The molecule has 0 saturated heterocycles. The standard InChI is InChI=1S/C10H8INO2/c1-6-8(5-12)3-7(4-9(6)11)10(13)14-2/h3-4H,1-2H3. The largest absolute Gasteiger partial charge is 0.465 e. The molecular weight excluding hydrogens is 293 g/mol. The molecule has 4 heteroatoms. The Bertz CT molecular complexity index is 421. The van der Waals surface area contributed by atoms with Gasteiger partial charge in [0.25, 0.3) is 0 Å². The smallest absolute Gasteiger partial charge is 0.337 e. The number of methoxy groups -OCH3 is 1. The Balaban J connectivity index is 3.32. The number of benzene rings is 1. The second-order valence-corrected chi connectivity index (χ2v) is 3.90. The molecule has 0 atom stereocenters. The number of ether oxygens (including phenoxy) is 1. The molecule has 14 heavy (non-hydrogen) atoms. The predicted molar refractivity (Wildman–Crippen MR) is 60.0 cm³/mol. The van der Waals surface area contributed by atoms with Crippen molar-refractivity contribution in [3.8, 4) is 6.07 Å². The maximum atomic E-state index is 11.2. The zero-order valence-corrected chi connectivity index (χ0v) is 9.95. The number of rotatable bonds is 1. The summed E-state index contributed by atoms with van der Waals surface area (Å²) in [6, 6.07) is 5.30. The summed E-state index contributed by atoms with van der Waals surface area (Å²) in [5.74, 6) is -0.417. The second-order valence-electron chi connectivity index (χ2n) is 2.73. The number of carbonyl (C=O) groups is 1. The molecule has 0 fully saturated rings. The number of hydrogen-bond donors (Lipinski definition) is 0. The molecule has 0 saturated carbocycles. The zero-order valence-electron chi connectivity index (χ0n) is 7.80. The van der Waals surface area contributed by atoms with Crippen molar-refractivity contribution in [3.05, 3.63) is 32.4 Å². The third kappa shape index (κ3) is 2.04. The van der Waals surface area contributed by atoms with Crippen molar-refractivity contribution in [3.63, 3.8) is 0 Å². The van der Waals surface area contributed by atoms with Crippen LogP contribution in [0.3, 0.4) is 0 Å². The quantitative estimate of drug-likeness (QED) is 0.590. The van der Waals surface area contributed by atoms with E-state index in [1.54, 1.807) is 12.1 Å². The number of esters is 1. The molecule has 0 aliphatic rings. The van der Waals surface area contributed by atoms with Gasteiger partial charge in [-0.3, -0.25) is 0 Å². The summed E-state index contributed by atoms with van der Waals surface area (Å²) in [4.78, 5) is 11.2. The summed E-state index contributed by atoms with van der Waals surface area (Å²) in [5.41, 5.74) is 1.82. The van der Waals surface area contributed by atoms with Crippen LogP contribution in [-0.2, 0) is 4.74 Å². The fraction of sp³-hybridized carbons (Fsp3) is 0.200. The van der Waals surface area contributed by atoms with E-state index in [0.29, 0.717) is 11.1 Å². The lowest BCUT2D eigenvalue weighted by molar-refractivity contribution is 0.0600. The molecule has 1 rings (SSSR count). The third-order valence-electron chi connectivity index (χ3n) is 1.89. The lowest BCUT2D eigenvalue weighted by atomic mass is 10.1. The first kappa shape index (κ1) is 11.0. The average Bonchev–Trinajstić information content (AvgIpc) is 2.20. The molecule has 72 valence electrons. The van der Waals surface area contributed by atoms with Crippen LogP contribution in [0, 0.1) is 21.8 Å². The molecule has 0 aliphatic carbocycles. The first-order valence-electron chi connectivity index (χ1n) is 3.88. The minimum atomic E-state index is -0.417. The number of hydrogen-bond acceptors (Lipinski definition) is 3. The molecule has 0 spiro atoms. The van der Waals surface area contributed by atoms with Gasteiger partial charge in [0, 0.05) is 3.57 Å². The van der Waals surface area contributed by atoms with Crippen LogP contribution >= 0.6 is 22.6 Å². The van der Waals surface area contributed by atoms with Crippen molar-refractivity contribution in [1.29, 1.82) is 5.26 Å². The van der Waals surface area contributed by atoms with Crippen molar-refractivity contribution < 1.29 is 9.53 Å². The maximum Gasteiger partial charge on any atom is 0.337 e. The van der Waals surface area contributed by atoms with Crippen molar-refractivity contribution >= 4 is 28.6 Å². The van der Waals surface area contributed by atoms with Crippen molar-refractivity contribution in [2.24, 2.45) is 0 Å². The molecular formula is C10H8INO2. The molecule has 0 aromatic heterocycles. The predicted octanol–water partition coefficient (Wildman–Crippen LogP) is 2.26. The molecule has 0 unspecified atom stereocenters. The van der Waals surface area contributed by atoms with E-state index in [0.717, 1.165) is 9.13 Å². The van der Waals surface area contributed by atoms with E-state index in [4.69, 9.17) is 5.26 Å². The fourth-order valence-electron chi connectivity index (χ4n) is 1.03. The first-order chi connectivity index (χ1) is 6.60. The molecule has 0 bridgehead atoms. The van der Waals surface area contributed by atoms with Gasteiger partial charge in [0.1, 0.15) is 0 Å². The summed E-state index contributed by atoms with van der Waals surface area (Å²) in [7, 11) is 1.32. The summed E-state index contributed by atoms with van der Waals surface area (Å²) in [6.07, 6.45) is 0. The Morgan fingerprint density at radius 3 is 2.71 bits per heavy atom. The van der Waals surface area contributed by atoms with E-state index in [1.165, 1.54) is 7.11 Å². The second kappa shape index (κ2) is 4.42. The van der Waals surface area contributed by atoms with E-state index in [9.17, 15) is 4.79 Å². The average molecular weight is 301 g/mol. The van der Waals surface area contributed by atoms with Gasteiger partial charge < -0.3 is 4.74 Å². The van der Waals surface area contributed by atoms with Gasteiger partial charge in [0.15, 0.2) is 0 Å². The van der Waals surface area contributed by atoms with Crippen LogP contribution in [0.1, 0.15) is 21.5 Å². The summed E-state index contributed by atoms with van der Waals surface area (Å²) in [5, 5.41) is 8.82. The lowest BCUT2D eigenvalue weighted by Gasteiger charge is -2.04. The molecule has 0 N–H and O–H groups in total. The normalized spacial score (nSPS) is 9.29. The Morgan fingerprint density at radius 1 is 1.57 bits per heavy atom. The molecule has 3 nitrogen and oxygen atoms in total. The van der Waals surface area contributed by atoms with Crippen LogP contribution in [0.25, 0.3) is 0 Å². The third-order valence-corrected chi connectivity index (χ3v) is 3.01. The van der Waals surface area contributed by atoms with E-state index < -0.39 is 5.97 Å². The molecule has 0 aliphatic heterocycles. The molecule has 0 heterocycles. The Hall–Kier alpha value is -1.09. The van der Waals surface area contributed by atoms with Gasteiger partial charge >= 0.3 is 5.97 Å². The highest BCUT2D eigenvalue weighted by molar-refractivity contribution is 14.1. The van der Waals surface area contributed by atoms with Gasteiger partial charge in [0.05, 0.1) is 24.3 Å². The highest BCUT2D eigenvalue weighted by Gasteiger charge is 2.10. The Labute approximate surface area is 95.8 Å². The van der Waals surface area contributed by atoms with Crippen LogP contribution in [-0.4, -0.2) is 13.1 Å². The van der Waals surface area contributed by atoms with Crippen molar-refractivity contribution in [2.75, 3.05) is 7.11 Å². The zero-order chi connectivity index (χ0) is 10.7. The maximum absolute atomic E-state index is 11.2. The SMILES string of the molecule is COC(=O)c1cc(I)c(C)c(C#N)c1. The number of halogens is 1. The van der Waals surface area contributed by atoms with E-state index in [1.807, 2.05) is 13.0 Å². The van der Waals surface area contributed by atoms with Gasteiger partial charge in [-0.1, -0.05) is 0 Å². The monoisotopic (exact) mass is 301 g/mol. The summed E-state index contributed by atoms with van der Waals surface area (Å²) < 4.78 is 5.47. The van der Waals surface area contributed by atoms with Gasteiger partial charge in [-0.25, -0.2) is 4.79 Å². The topological polar surface area (TPSA) is 50.1 Å². The number of nitriles is 1. The van der Waals surface area contributed by atoms with E-state index >= 15 is 0 Å². The first-order valence-corrected chi connectivity index (χ1v) is 4.96. The van der Waals surface area contributed by atoms with Crippen LogP contribution < -0.4 is 0 Å². The summed E-state index contributed by atoms with van der Waals surface area (Å²) >= 11 is 2.09. The van der Waals surface area contributed by atoms with Crippen LogP contribution in [0.4, 0.5) is 0 Å². The van der Waals surface area contributed by atoms with Gasteiger partial charge in [-0.15, -0.1) is 0 Å². The number of carbonyl (C=O) groups excluding carboxylic acids is 1.